The Morgan fingerprint density at radius 1 is 1.40 bits per heavy atom. The molecule has 0 saturated heterocycles. The van der Waals surface area contributed by atoms with Gasteiger partial charge in [0.15, 0.2) is 0 Å². The number of amides is 2. The fourth-order valence-corrected chi connectivity index (χ4v) is 2.42. The van der Waals surface area contributed by atoms with Gasteiger partial charge in [0.1, 0.15) is 5.75 Å². The van der Waals surface area contributed by atoms with E-state index in [-0.39, 0.29) is 24.6 Å². The first kappa shape index (κ1) is 18.9. The summed E-state index contributed by atoms with van der Waals surface area (Å²) in [5.41, 5.74) is 0.518. The standard InChI is InChI=1S/C16H19F3N2O4/c1-21(8-7-13(22)23)15(24)20-14(10-5-6-10)11-3-2-4-12(9-11)25-16(17,18)19/h2-4,9-10,14H,5-8H2,1H3,(H,20,24)(H,22,23). The van der Waals surface area contributed by atoms with Gasteiger partial charge in [0.05, 0.1) is 12.5 Å². The van der Waals surface area contributed by atoms with E-state index in [9.17, 15) is 22.8 Å². The number of hydrogen-bond donors (Lipinski definition) is 2. The molecule has 0 bridgehead atoms. The van der Waals surface area contributed by atoms with Crippen LogP contribution in [0.1, 0.15) is 30.9 Å². The number of rotatable bonds is 7. The van der Waals surface area contributed by atoms with Crippen molar-refractivity contribution in [3.05, 3.63) is 29.8 Å². The summed E-state index contributed by atoms with van der Waals surface area (Å²) in [6.07, 6.45) is -3.26. The van der Waals surface area contributed by atoms with Gasteiger partial charge < -0.3 is 20.1 Å². The second-order valence-corrected chi connectivity index (χ2v) is 5.95. The lowest BCUT2D eigenvalue weighted by Crippen LogP contribution is -2.41. The fraction of sp³-hybridized carbons (Fsp3) is 0.500. The van der Waals surface area contributed by atoms with Crippen molar-refractivity contribution in [2.75, 3.05) is 13.6 Å². The molecule has 25 heavy (non-hydrogen) atoms. The molecule has 0 spiro atoms. The van der Waals surface area contributed by atoms with E-state index in [2.05, 4.69) is 10.1 Å². The summed E-state index contributed by atoms with van der Waals surface area (Å²) < 4.78 is 41.0. The fourth-order valence-electron chi connectivity index (χ4n) is 2.42. The smallest absolute Gasteiger partial charge is 0.481 e. The Hall–Kier alpha value is -2.45. The van der Waals surface area contributed by atoms with E-state index in [4.69, 9.17) is 5.11 Å². The lowest BCUT2D eigenvalue weighted by atomic mass is 10.0. The van der Waals surface area contributed by atoms with Crippen LogP contribution in [0.25, 0.3) is 0 Å². The van der Waals surface area contributed by atoms with Gasteiger partial charge in [-0.15, -0.1) is 13.2 Å². The maximum absolute atomic E-state index is 12.4. The summed E-state index contributed by atoms with van der Waals surface area (Å²) in [4.78, 5) is 24.0. The Morgan fingerprint density at radius 3 is 2.64 bits per heavy atom. The average molecular weight is 360 g/mol. The highest BCUT2D eigenvalue weighted by Crippen LogP contribution is 2.42. The van der Waals surface area contributed by atoms with Crippen LogP contribution in [-0.4, -0.2) is 42.0 Å². The first-order chi connectivity index (χ1) is 11.7. The molecule has 6 nitrogen and oxygen atoms in total. The maximum Gasteiger partial charge on any atom is 0.573 e. The number of carboxylic acid groups (broad SMARTS) is 1. The second-order valence-electron chi connectivity index (χ2n) is 5.95. The van der Waals surface area contributed by atoms with Crippen LogP contribution in [-0.2, 0) is 4.79 Å². The van der Waals surface area contributed by atoms with Crippen molar-refractivity contribution in [2.24, 2.45) is 5.92 Å². The van der Waals surface area contributed by atoms with Gasteiger partial charge in [0, 0.05) is 13.6 Å². The van der Waals surface area contributed by atoms with Crippen molar-refractivity contribution in [3.8, 4) is 5.75 Å². The molecule has 9 heteroatoms. The van der Waals surface area contributed by atoms with Gasteiger partial charge in [-0.05, 0) is 36.5 Å². The minimum absolute atomic E-state index is 0.0375. The van der Waals surface area contributed by atoms with Crippen molar-refractivity contribution in [1.29, 1.82) is 0 Å². The van der Waals surface area contributed by atoms with Crippen LogP contribution in [0.15, 0.2) is 24.3 Å². The molecule has 1 atom stereocenters. The zero-order valence-corrected chi connectivity index (χ0v) is 13.5. The minimum Gasteiger partial charge on any atom is -0.481 e. The lowest BCUT2D eigenvalue weighted by molar-refractivity contribution is -0.274. The Bertz CT molecular complexity index is 632. The summed E-state index contributed by atoms with van der Waals surface area (Å²) in [5, 5.41) is 11.4. The summed E-state index contributed by atoms with van der Waals surface area (Å²) in [6.45, 7) is 0.0375. The molecule has 0 aromatic heterocycles. The molecule has 1 aliphatic rings. The molecule has 1 saturated carbocycles. The predicted molar refractivity (Wildman–Crippen MR) is 82.0 cm³/mol. The molecule has 1 fully saturated rings. The van der Waals surface area contributed by atoms with Crippen molar-refractivity contribution >= 4 is 12.0 Å². The van der Waals surface area contributed by atoms with E-state index in [0.29, 0.717) is 5.56 Å². The van der Waals surface area contributed by atoms with Crippen molar-refractivity contribution in [2.45, 2.75) is 31.7 Å². The molecule has 2 N–H and O–H groups in total. The summed E-state index contributed by atoms with van der Waals surface area (Å²) in [7, 11) is 1.46. The SMILES string of the molecule is CN(CCC(=O)O)C(=O)NC(c1cccc(OC(F)(F)F)c1)C1CC1. The molecule has 0 radical (unpaired) electrons. The number of hydrogen-bond acceptors (Lipinski definition) is 3. The molecule has 138 valence electrons. The highest BCUT2D eigenvalue weighted by molar-refractivity contribution is 5.75. The van der Waals surface area contributed by atoms with Gasteiger partial charge in [0.2, 0.25) is 0 Å². The molecule has 2 rings (SSSR count). The van der Waals surface area contributed by atoms with Gasteiger partial charge in [-0.1, -0.05) is 12.1 Å². The van der Waals surface area contributed by atoms with Gasteiger partial charge in [-0.2, -0.15) is 0 Å². The number of benzene rings is 1. The van der Waals surface area contributed by atoms with Crippen LogP contribution in [0.3, 0.4) is 0 Å². The highest BCUT2D eigenvalue weighted by atomic mass is 19.4. The average Bonchev–Trinajstić information content (AvgIpc) is 3.33. The lowest BCUT2D eigenvalue weighted by Gasteiger charge is -2.24. The number of alkyl halides is 3. The van der Waals surface area contributed by atoms with Gasteiger partial charge in [0.25, 0.3) is 0 Å². The second kappa shape index (κ2) is 7.62. The van der Waals surface area contributed by atoms with Crippen molar-refractivity contribution in [1.82, 2.24) is 10.2 Å². The van der Waals surface area contributed by atoms with Crippen LogP contribution in [0.2, 0.25) is 0 Å². The van der Waals surface area contributed by atoms with Gasteiger partial charge in [-0.25, -0.2) is 4.79 Å². The molecule has 1 unspecified atom stereocenters. The molecule has 1 aromatic rings. The van der Waals surface area contributed by atoms with Gasteiger partial charge in [-0.3, -0.25) is 4.79 Å². The number of carbonyl (C=O) groups is 2. The first-order valence-corrected chi connectivity index (χ1v) is 7.75. The molecule has 2 amide bonds. The summed E-state index contributed by atoms with van der Waals surface area (Å²) in [5.74, 6) is -1.22. The predicted octanol–water partition coefficient (Wildman–Crippen LogP) is 3.15. The number of halogens is 3. The number of carboxylic acids is 1. The topological polar surface area (TPSA) is 78.9 Å². The molecule has 0 aliphatic heterocycles. The number of urea groups is 1. The third-order valence-electron chi connectivity index (χ3n) is 3.83. The Balaban J connectivity index is 2.07. The van der Waals surface area contributed by atoms with E-state index in [1.807, 2.05) is 0 Å². The van der Waals surface area contributed by atoms with E-state index >= 15 is 0 Å². The normalized spacial score (nSPS) is 15.4. The van der Waals surface area contributed by atoms with E-state index < -0.39 is 24.4 Å². The molecule has 0 heterocycles. The van der Waals surface area contributed by atoms with E-state index in [1.54, 1.807) is 6.07 Å². The molecule has 1 aliphatic carbocycles. The third-order valence-corrected chi connectivity index (χ3v) is 3.83. The molecular formula is C16H19F3N2O4. The van der Waals surface area contributed by atoms with Crippen molar-refractivity contribution < 1.29 is 32.6 Å². The van der Waals surface area contributed by atoms with E-state index in [1.165, 1.54) is 30.1 Å². The zero-order valence-electron chi connectivity index (χ0n) is 13.5. The van der Waals surface area contributed by atoms with Crippen LogP contribution in [0.4, 0.5) is 18.0 Å². The Morgan fingerprint density at radius 2 is 2.08 bits per heavy atom. The van der Waals surface area contributed by atoms with Crippen LogP contribution in [0.5, 0.6) is 5.75 Å². The number of aliphatic carboxylic acids is 1. The first-order valence-electron chi connectivity index (χ1n) is 7.75. The largest absolute Gasteiger partial charge is 0.573 e. The minimum atomic E-state index is -4.78. The van der Waals surface area contributed by atoms with Crippen LogP contribution in [0, 0.1) is 5.92 Å². The van der Waals surface area contributed by atoms with Crippen molar-refractivity contribution in [3.63, 3.8) is 0 Å². The number of carbonyl (C=O) groups excluding carboxylic acids is 1. The molecular weight excluding hydrogens is 341 g/mol. The summed E-state index contributed by atoms with van der Waals surface area (Å²) >= 11 is 0. The number of nitrogens with zero attached hydrogens (tertiary/aromatic N) is 1. The number of nitrogens with one attached hydrogen (secondary N) is 1. The van der Waals surface area contributed by atoms with E-state index in [0.717, 1.165) is 12.8 Å². The summed E-state index contributed by atoms with van der Waals surface area (Å²) in [6, 6.07) is 4.60. The Kier molecular flexibility index (Phi) is 5.76. The van der Waals surface area contributed by atoms with Crippen LogP contribution >= 0.6 is 0 Å². The monoisotopic (exact) mass is 360 g/mol. The third kappa shape index (κ3) is 6.17. The maximum atomic E-state index is 12.4. The van der Waals surface area contributed by atoms with Gasteiger partial charge >= 0.3 is 18.4 Å². The number of ether oxygens (including phenoxy) is 1. The molecule has 1 aromatic carbocycles. The van der Waals surface area contributed by atoms with Crippen LogP contribution < -0.4 is 10.1 Å². The quantitative estimate of drug-likeness (QED) is 0.783. The zero-order chi connectivity index (χ0) is 18.6. The Labute approximate surface area is 142 Å². The highest BCUT2D eigenvalue weighted by Gasteiger charge is 2.35.